The van der Waals surface area contributed by atoms with Crippen LogP contribution in [0.4, 0.5) is 0 Å². The van der Waals surface area contributed by atoms with Crippen molar-refractivity contribution in [3.63, 3.8) is 0 Å². The molecule has 1 N–H and O–H groups in total. The van der Waals surface area contributed by atoms with E-state index in [1.165, 1.54) is 41.5 Å². The molecule has 42 heavy (non-hydrogen) atoms. The summed E-state index contributed by atoms with van der Waals surface area (Å²) in [5.41, 5.74) is 8.77. The van der Waals surface area contributed by atoms with Crippen molar-refractivity contribution < 1.29 is 14.6 Å². The molecular weight excluding hydrogens is 520 g/mol. The molecule has 5 nitrogen and oxygen atoms in total. The molecule has 7 rings (SSSR count). The first-order valence-corrected chi connectivity index (χ1v) is 15.3. The molecule has 2 aliphatic rings. The number of ether oxygens (including phenoxy) is 1. The third kappa shape index (κ3) is 5.09. The van der Waals surface area contributed by atoms with Crippen molar-refractivity contribution in [3.8, 4) is 17.1 Å². The predicted molar refractivity (Wildman–Crippen MR) is 166 cm³/mol. The van der Waals surface area contributed by atoms with Crippen molar-refractivity contribution in [1.82, 2.24) is 9.55 Å². The van der Waals surface area contributed by atoms with E-state index in [1.54, 1.807) is 12.1 Å². The second kappa shape index (κ2) is 11.5. The fourth-order valence-electron chi connectivity index (χ4n) is 7.09. The molecule has 1 fully saturated rings. The molecule has 0 amide bonds. The van der Waals surface area contributed by atoms with Gasteiger partial charge in [0.05, 0.1) is 23.2 Å². The van der Waals surface area contributed by atoms with Crippen molar-refractivity contribution in [2.24, 2.45) is 0 Å². The molecule has 1 aromatic heterocycles. The first kappa shape index (κ1) is 26.5. The van der Waals surface area contributed by atoms with Crippen LogP contribution in [0.1, 0.15) is 83.1 Å². The summed E-state index contributed by atoms with van der Waals surface area (Å²) in [5.74, 6) is 1.15. The molecule has 1 saturated carbocycles. The molecule has 0 saturated heterocycles. The Morgan fingerprint density at radius 2 is 1.50 bits per heavy atom. The molecular formula is C37H36N2O3. The van der Waals surface area contributed by atoms with E-state index in [9.17, 15) is 9.90 Å². The smallest absolute Gasteiger partial charge is 0.335 e. The van der Waals surface area contributed by atoms with Gasteiger partial charge in [0.1, 0.15) is 11.6 Å². The molecule has 5 aromatic rings. The highest BCUT2D eigenvalue weighted by Gasteiger charge is 2.24. The average molecular weight is 557 g/mol. The Kier molecular flexibility index (Phi) is 7.25. The predicted octanol–water partition coefficient (Wildman–Crippen LogP) is 8.61. The van der Waals surface area contributed by atoms with Gasteiger partial charge in [-0.05, 0) is 96.8 Å². The number of imidazole rings is 1. The zero-order valence-corrected chi connectivity index (χ0v) is 23.8. The maximum absolute atomic E-state index is 11.6. The lowest BCUT2D eigenvalue weighted by atomic mass is 9.86. The number of aromatic carboxylic acids is 1. The summed E-state index contributed by atoms with van der Waals surface area (Å²) < 4.78 is 8.67. The van der Waals surface area contributed by atoms with Gasteiger partial charge in [-0.25, -0.2) is 9.78 Å². The number of hydrogen-bond acceptors (Lipinski definition) is 3. The molecule has 5 heteroatoms. The van der Waals surface area contributed by atoms with Crippen LogP contribution in [0.2, 0.25) is 0 Å². The van der Waals surface area contributed by atoms with Crippen LogP contribution in [0.25, 0.3) is 22.4 Å². The van der Waals surface area contributed by atoms with Gasteiger partial charge >= 0.3 is 5.97 Å². The number of hydrogen-bond donors (Lipinski definition) is 1. The van der Waals surface area contributed by atoms with E-state index in [0.29, 0.717) is 18.6 Å². The summed E-state index contributed by atoms with van der Waals surface area (Å²) in [6.07, 6.45) is 9.00. The lowest BCUT2D eigenvalue weighted by Crippen LogP contribution is -2.14. The Labute approximate surface area is 246 Å². The Morgan fingerprint density at radius 1 is 0.833 bits per heavy atom. The van der Waals surface area contributed by atoms with Gasteiger partial charge in [0.2, 0.25) is 0 Å². The first-order chi connectivity index (χ1) is 20.7. The van der Waals surface area contributed by atoms with Crippen LogP contribution in [-0.4, -0.2) is 27.2 Å². The number of aromatic nitrogens is 2. The first-order valence-electron chi connectivity index (χ1n) is 15.3. The van der Waals surface area contributed by atoms with Crippen LogP contribution in [-0.2, 0) is 12.8 Å². The molecule has 2 aliphatic carbocycles. The van der Waals surface area contributed by atoms with Crippen LogP contribution < -0.4 is 4.74 Å². The highest BCUT2D eigenvalue weighted by Crippen LogP contribution is 2.38. The highest BCUT2D eigenvalue weighted by molar-refractivity contribution is 5.93. The van der Waals surface area contributed by atoms with Gasteiger partial charge in [-0.15, -0.1) is 0 Å². The topological polar surface area (TPSA) is 64.3 Å². The minimum Gasteiger partial charge on any atom is -0.494 e. The Bertz CT molecular complexity index is 1680. The third-order valence-corrected chi connectivity index (χ3v) is 9.19. The summed E-state index contributed by atoms with van der Waals surface area (Å²) in [7, 11) is 0. The minimum atomic E-state index is -0.928. The number of carbonyl (C=O) groups is 1. The number of nitrogens with zero attached hydrogens (tertiary/aromatic N) is 2. The second-order valence-corrected chi connectivity index (χ2v) is 11.7. The zero-order valence-electron chi connectivity index (χ0n) is 23.8. The highest BCUT2D eigenvalue weighted by atomic mass is 16.5. The third-order valence-electron chi connectivity index (χ3n) is 9.19. The van der Waals surface area contributed by atoms with E-state index in [1.807, 2.05) is 18.2 Å². The van der Waals surface area contributed by atoms with E-state index in [2.05, 4.69) is 65.2 Å². The number of benzene rings is 4. The molecule has 212 valence electrons. The number of carboxylic acid groups (broad SMARTS) is 1. The SMILES string of the molecule is O=C(O)c1ccc2c(c1)nc(-c1ccc(OCCC3c4ccccc4CCc4ccccc43)cc1)n2C1CCCCC1. The lowest BCUT2D eigenvalue weighted by molar-refractivity contribution is 0.0697. The van der Waals surface area contributed by atoms with E-state index in [0.717, 1.165) is 60.3 Å². The van der Waals surface area contributed by atoms with Gasteiger partial charge in [-0.3, -0.25) is 0 Å². The number of rotatable bonds is 7. The molecule has 1 heterocycles. The average Bonchev–Trinajstić information content (AvgIpc) is 3.34. The van der Waals surface area contributed by atoms with Crippen molar-refractivity contribution in [2.75, 3.05) is 6.61 Å². The summed E-state index contributed by atoms with van der Waals surface area (Å²) in [6, 6.07) is 31.7. The number of fused-ring (bicyclic) bond motifs is 3. The standard InChI is InChI=1S/C37H36N2O3/c40-37(41)28-18-21-35-34(24-28)38-36(39(35)29-10-2-1-3-11-29)27-16-19-30(20-17-27)42-23-22-33-31-12-6-4-8-25(31)14-15-26-9-5-7-13-32(26)33/h4-9,12-13,16-21,24,29,33H,1-3,10-11,14-15,22-23H2,(H,40,41). The fourth-order valence-corrected chi connectivity index (χ4v) is 7.09. The van der Waals surface area contributed by atoms with E-state index >= 15 is 0 Å². The van der Waals surface area contributed by atoms with Gasteiger partial charge in [0.15, 0.2) is 0 Å². The van der Waals surface area contributed by atoms with Crippen LogP contribution in [0, 0.1) is 0 Å². The monoisotopic (exact) mass is 556 g/mol. The molecule has 4 aromatic carbocycles. The van der Waals surface area contributed by atoms with Crippen LogP contribution in [0.15, 0.2) is 91.0 Å². The van der Waals surface area contributed by atoms with Crippen molar-refractivity contribution in [3.05, 3.63) is 119 Å². The molecule has 0 atom stereocenters. The minimum absolute atomic E-state index is 0.269. The van der Waals surface area contributed by atoms with Gasteiger partial charge < -0.3 is 14.4 Å². The summed E-state index contributed by atoms with van der Waals surface area (Å²) >= 11 is 0. The Morgan fingerprint density at radius 3 is 2.17 bits per heavy atom. The van der Waals surface area contributed by atoms with Crippen molar-refractivity contribution >= 4 is 17.0 Å². The summed E-state index contributed by atoms with van der Waals surface area (Å²) in [6.45, 7) is 0.630. The van der Waals surface area contributed by atoms with Gasteiger partial charge in [-0.1, -0.05) is 67.8 Å². The largest absolute Gasteiger partial charge is 0.494 e. The molecule has 0 radical (unpaired) electrons. The van der Waals surface area contributed by atoms with E-state index in [4.69, 9.17) is 9.72 Å². The van der Waals surface area contributed by atoms with Crippen molar-refractivity contribution in [1.29, 1.82) is 0 Å². The quantitative estimate of drug-likeness (QED) is 0.218. The van der Waals surface area contributed by atoms with E-state index in [-0.39, 0.29) is 5.56 Å². The maximum Gasteiger partial charge on any atom is 0.335 e. The van der Waals surface area contributed by atoms with Crippen LogP contribution >= 0.6 is 0 Å². The van der Waals surface area contributed by atoms with Crippen LogP contribution in [0.5, 0.6) is 5.75 Å². The fraction of sp³-hybridized carbons (Fsp3) is 0.297. The molecule has 0 spiro atoms. The summed E-state index contributed by atoms with van der Waals surface area (Å²) in [5, 5.41) is 9.53. The number of aryl methyl sites for hydroxylation is 2. The summed E-state index contributed by atoms with van der Waals surface area (Å²) in [4.78, 5) is 16.6. The zero-order chi connectivity index (χ0) is 28.5. The Hall–Kier alpha value is -4.38. The van der Waals surface area contributed by atoms with E-state index < -0.39 is 5.97 Å². The van der Waals surface area contributed by atoms with Gasteiger partial charge in [0, 0.05) is 17.5 Å². The molecule has 0 aliphatic heterocycles. The van der Waals surface area contributed by atoms with Crippen molar-refractivity contribution in [2.45, 2.75) is 63.3 Å². The lowest BCUT2D eigenvalue weighted by Gasteiger charge is -2.25. The Balaban J connectivity index is 1.13. The molecule has 0 unspecified atom stereocenters. The van der Waals surface area contributed by atoms with Gasteiger partial charge in [-0.2, -0.15) is 0 Å². The molecule has 0 bridgehead atoms. The maximum atomic E-state index is 11.6. The normalized spacial score (nSPS) is 15.6. The number of carboxylic acids is 1. The second-order valence-electron chi connectivity index (χ2n) is 11.7. The van der Waals surface area contributed by atoms with Gasteiger partial charge in [0.25, 0.3) is 0 Å². The van der Waals surface area contributed by atoms with Crippen LogP contribution in [0.3, 0.4) is 0 Å².